The Balaban J connectivity index is 1.34. The molecule has 2 aromatic rings. The Labute approximate surface area is 143 Å². The van der Waals surface area contributed by atoms with Crippen LogP contribution in [-0.4, -0.2) is 24.4 Å². The lowest BCUT2D eigenvalue weighted by atomic mass is 10.0. The quantitative estimate of drug-likeness (QED) is 0.800. The molecule has 3 nitrogen and oxygen atoms in total. The molecule has 24 heavy (non-hydrogen) atoms. The lowest BCUT2D eigenvalue weighted by Gasteiger charge is -2.35. The van der Waals surface area contributed by atoms with Gasteiger partial charge in [0.05, 0.1) is 37.6 Å². The average Bonchev–Trinajstić information content (AvgIpc) is 3.07. The summed E-state index contributed by atoms with van der Waals surface area (Å²) < 4.78 is 18.5. The van der Waals surface area contributed by atoms with E-state index in [2.05, 4.69) is 24.3 Å². The van der Waals surface area contributed by atoms with Gasteiger partial charge in [0.2, 0.25) is 0 Å². The second-order valence-corrected chi connectivity index (χ2v) is 6.70. The third kappa shape index (κ3) is 3.69. The van der Waals surface area contributed by atoms with Gasteiger partial charge >= 0.3 is 0 Å². The molecule has 2 saturated heterocycles. The van der Waals surface area contributed by atoms with Gasteiger partial charge in [-0.05, 0) is 24.0 Å². The highest BCUT2D eigenvalue weighted by molar-refractivity contribution is 5.14. The van der Waals surface area contributed by atoms with Crippen molar-refractivity contribution in [1.29, 1.82) is 0 Å². The van der Waals surface area contributed by atoms with Crippen LogP contribution in [0.4, 0.5) is 0 Å². The van der Waals surface area contributed by atoms with Gasteiger partial charge in [-0.3, -0.25) is 0 Å². The maximum absolute atomic E-state index is 6.18. The van der Waals surface area contributed by atoms with E-state index in [9.17, 15) is 0 Å². The SMILES string of the molecule is c1ccc(CO[C@H]2C[C@H](OCc3ccccc3)[C@H]3CC[C@@H]2O3)cc1. The summed E-state index contributed by atoms with van der Waals surface area (Å²) in [7, 11) is 0. The van der Waals surface area contributed by atoms with Gasteiger partial charge in [-0.2, -0.15) is 0 Å². The van der Waals surface area contributed by atoms with Crippen LogP contribution in [-0.2, 0) is 27.4 Å². The molecule has 2 heterocycles. The zero-order valence-electron chi connectivity index (χ0n) is 13.8. The smallest absolute Gasteiger partial charge is 0.0867 e. The molecule has 3 heteroatoms. The second-order valence-electron chi connectivity index (χ2n) is 6.70. The number of rotatable bonds is 6. The fraction of sp³-hybridized carbons (Fsp3) is 0.429. The average molecular weight is 324 g/mol. The van der Waals surface area contributed by atoms with Gasteiger partial charge in [-0.1, -0.05) is 60.7 Å². The Morgan fingerprint density at radius 2 is 1.17 bits per heavy atom. The lowest BCUT2D eigenvalue weighted by Crippen LogP contribution is -2.43. The first kappa shape index (κ1) is 15.8. The van der Waals surface area contributed by atoms with E-state index in [0.717, 1.165) is 19.3 Å². The Morgan fingerprint density at radius 1 is 0.708 bits per heavy atom. The normalized spacial score (nSPS) is 28.8. The Kier molecular flexibility index (Phi) is 4.93. The molecule has 2 bridgehead atoms. The van der Waals surface area contributed by atoms with Gasteiger partial charge in [0.15, 0.2) is 0 Å². The van der Waals surface area contributed by atoms with E-state index in [-0.39, 0.29) is 24.4 Å². The molecule has 0 aliphatic carbocycles. The van der Waals surface area contributed by atoms with Crippen LogP contribution in [0.15, 0.2) is 60.7 Å². The van der Waals surface area contributed by atoms with Crippen LogP contribution in [0.5, 0.6) is 0 Å². The van der Waals surface area contributed by atoms with E-state index in [1.54, 1.807) is 0 Å². The van der Waals surface area contributed by atoms with Crippen LogP contribution < -0.4 is 0 Å². The topological polar surface area (TPSA) is 27.7 Å². The maximum atomic E-state index is 6.18. The largest absolute Gasteiger partial charge is 0.371 e. The van der Waals surface area contributed by atoms with E-state index in [4.69, 9.17) is 14.2 Å². The molecular weight excluding hydrogens is 300 g/mol. The van der Waals surface area contributed by atoms with Gasteiger partial charge < -0.3 is 14.2 Å². The molecule has 0 spiro atoms. The highest BCUT2D eigenvalue weighted by Crippen LogP contribution is 2.36. The molecule has 4 rings (SSSR count). The zero-order chi connectivity index (χ0) is 16.2. The summed E-state index contributed by atoms with van der Waals surface area (Å²) in [6.45, 7) is 1.28. The third-order valence-corrected chi connectivity index (χ3v) is 4.99. The summed E-state index contributed by atoms with van der Waals surface area (Å²) in [6.07, 6.45) is 3.81. The van der Waals surface area contributed by atoms with Crippen LogP contribution in [0, 0.1) is 0 Å². The minimum atomic E-state index is 0.129. The first-order valence-corrected chi connectivity index (χ1v) is 8.85. The molecule has 0 unspecified atom stereocenters. The summed E-state index contributed by atoms with van der Waals surface area (Å²) in [6, 6.07) is 20.7. The fourth-order valence-electron chi connectivity index (χ4n) is 3.67. The number of hydrogen-bond acceptors (Lipinski definition) is 3. The van der Waals surface area contributed by atoms with Crippen molar-refractivity contribution in [2.24, 2.45) is 0 Å². The molecular formula is C21H24O3. The van der Waals surface area contributed by atoms with Crippen molar-refractivity contribution in [2.45, 2.75) is 56.9 Å². The molecule has 2 aromatic carbocycles. The highest BCUT2D eigenvalue weighted by atomic mass is 16.6. The van der Waals surface area contributed by atoms with Crippen LogP contribution in [0.25, 0.3) is 0 Å². The zero-order valence-corrected chi connectivity index (χ0v) is 13.8. The molecule has 2 aliphatic rings. The summed E-state index contributed by atoms with van der Waals surface area (Å²) >= 11 is 0. The number of benzene rings is 2. The van der Waals surface area contributed by atoms with Crippen molar-refractivity contribution in [2.75, 3.05) is 0 Å². The van der Waals surface area contributed by atoms with Crippen molar-refractivity contribution in [3.05, 3.63) is 71.8 Å². The molecule has 0 aromatic heterocycles. The molecule has 4 atom stereocenters. The lowest BCUT2D eigenvalue weighted by molar-refractivity contribution is -0.172. The summed E-state index contributed by atoms with van der Waals surface area (Å²) in [5.41, 5.74) is 2.42. The van der Waals surface area contributed by atoms with Crippen molar-refractivity contribution in [3.63, 3.8) is 0 Å². The molecule has 2 fully saturated rings. The molecule has 0 radical (unpaired) electrons. The Hall–Kier alpha value is -1.68. The first-order valence-electron chi connectivity index (χ1n) is 8.85. The minimum absolute atomic E-state index is 0.129. The highest BCUT2D eigenvalue weighted by Gasteiger charge is 2.43. The van der Waals surface area contributed by atoms with Crippen molar-refractivity contribution < 1.29 is 14.2 Å². The summed E-state index contributed by atoms with van der Waals surface area (Å²) in [5, 5.41) is 0. The van der Waals surface area contributed by atoms with E-state index in [0.29, 0.717) is 13.2 Å². The van der Waals surface area contributed by atoms with Crippen molar-refractivity contribution in [1.82, 2.24) is 0 Å². The van der Waals surface area contributed by atoms with E-state index in [1.807, 2.05) is 36.4 Å². The van der Waals surface area contributed by atoms with E-state index in [1.165, 1.54) is 11.1 Å². The summed E-state index contributed by atoms with van der Waals surface area (Å²) in [4.78, 5) is 0. The van der Waals surface area contributed by atoms with E-state index < -0.39 is 0 Å². The molecule has 126 valence electrons. The minimum Gasteiger partial charge on any atom is -0.371 e. The van der Waals surface area contributed by atoms with Crippen molar-refractivity contribution in [3.8, 4) is 0 Å². The molecule has 0 N–H and O–H groups in total. The van der Waals surface area contributed by atoms with Crippen LogP contribution >= 0.6 is 0 Å². The molecule has 0 amide bonds. The van der Waals surface area contributed by atoms with Crippen LogP contribution in [0.1, 0.15) is 30.4 Å². The first-order chi connectivity index (χ1) is 11.9. The second kappa shape index (κ2) is 7.47. The Morgan fingerprint density at radius 3 is 1.62 bits per heavy atom. The molecule has 2 aliphatic heterocycles. The van der Waals surface area contributed by atoms with Crippen LogP contribution in [0.3, 0.4) is 0 Å². The van der Waals surface area contributed by atoms with Crippen molar-refractivity contribution >= 4 is 0 Å². The monoisotopic (exact) mass is 324 g/mol. The number of ether oxygens (including phenoxy) is 3. The third-order valence-electron chi connectivity index (χ3n) is 4.99. The van der Waals surface area contributed by atoms with Gasteiger partial charge in [-0.25, -0.2) is 0 Å². The van der Waals surface area contributed by atoms with Gasteiger partial charge in [0.25, 0.3) is 0 Å². The number of hydrogen-bond donors (Lipinski definition) is 0. The van der Waals surface area contributed by atoms with Gasteiger partial charge in [0, 0.05) is 6.42 Å². The predicted molar refractivity (Wildman–Crippen MR) is 92.6 cm³/mol. The maximum Gasteiger partial charge on any atom is 0.0867 e. The molecule has 0 saturated carbocycles. The van der Waals surface area contributed by atoms with Gasteiger partial charge in [-0.15, -0.1) is 0 Å². The fourth-order valence-corrected chi connectivity index (χ4v) is 3.67. The van der Waals surface area contributed by atoms with E-state index >= 15 is 0 Å². The number of fused-ring (bicyclic) bond motifs is 2. The van der Waals surface area contributed by atoms with Crippen LogP contribution in [0.2, 0.25) is 0 Å². The van der Waals surface area contributed by atoms with Gasteiger partial charge in [0.1, 0.15) is 0 Å². The Bertz CT molecular complexity index is 573. The summed E-state index contributed by atoms with van der Waals surface area (Å²) in [5.74, 6) is 0. The standard InChI is InChI=1S/C21H24O3/c1-3-7-16(8-4-1)14-22-20-13-21(19-12-11-18(20)24-19)23-15-17-9-5-2-6-10-17/h1-10,18-21H,11-15H2/t18-,19+,20-,21-/m0/s1. The predicted octanol–water partition coefficient (Wildman–Crippen LogP) is 4.11.